The molecule has 130 valence electrons. The van der Waals surface area contributed by atoms with Crippen LogP contribution in [0.3, 0.4) is 0 Å². The molecule has 1 heterocycles. The Bertz CT molecular complexity index is 851. The van der Waals surface area contributed by atoms with Crippen LogP contribution in [0.2, 0.25) is 0 Å². The Kier molecular flexibility index (Phi) is 4.76. The Hall–Kier alpha value is -2.80. The van der Waals surface area contributed by atoms with Crippen LogP contribution in [0.25, 0.3) is 0 Å². The molecule has 3 N–H and O–H groups in total. The molecule has 0 aliphatic carbocycles. The van der Waals surface area contributed by atoms with Gasteiger partial charge in [-0.15, -0.1) is 0 Å². The van der Waals surface area contributed by atoms with Gasteiger partial charge in [-0.1, -0.05) is 0 Å². The molecule has 0 fully saturated rings. The number of phenolic OH excluding ortho intramolecular Hbond substituents is 1. The fourth-order valence-electron chi connectivity index (χ4n) is 2.41. The van der Waals surface area contributed by atoms with Crippen LogP contribution in [-0.4, -0.2) is 29.3 Å². The molecule has 0 bridgehead atoms. The van der Waals surface area contributed by atoms with Crippen molar-refractivity contribution in [2.45, 2.75) is 13.8 Å². The summed E-state index contributed by atoms with van der Waals surface area (Å²) in [5.41, 5.74) is 2.81. The van der Waals surface area contributed by atoms with Gasteiger partial charge in [0.15, 0.2) is 16.6 Å². The highest BCUT2D eigenvalue weighted by atomic mass is 32.1. The van der Waals surface area contributed by atoms with E-state index in [0.29, 0.717) is 36.0 Å². The van der Waals surface area contributed by atoms with E-state index in [2.05, 4.69) is 10.6 Å². The maximum Gasteiger partial charge on any atom is 0.257 e. The third kappa shape index (κ3) is 3.83. The molecule has 2 aromatic carbocycles. The number of aromatic hydroxyl groups is 1. The minimum absolute atomic E-state index is 0.0685. The molecule has 3 rings (SSSR count). The number of carbonyl (C=O) groups is 1. The smallest absolute Gasteiger partial charge is 0.257 e. The molecule has 2 aromatic rings. The van der Waals surface area contributed by atoms with Gasteiger partial charge in [0.25, 0.3) is 5.91 Å². The van der Waals surface area contributed by atoms with E-state index in [-0.39, 0.29) is 16.8 Å². The molecule has 0 saturated heterocycles. The van der Waals surface area contributed by atoms with Crippen molar-refractivity contribution >= 4 is 28.9 Å². The van der Waals surface area contributed by atoms with Crippen LogP contribution in [0.4, 0.5) is 5.69 Å². The summed E-state index contributed by atoms with van der Waals surface area (Å²) in [6.07, 6.45) is 0. The van der Waals surface area contributed by atoms with Gasteiger partial charge in [0.2, 0.25) is 0 Å². The lowest BCUT2D eigenvalue weighted by Crippen LogP contribution is -2.34. The number of rotatable bonds is 2. The number of aryl methyl sites for hydroxylation is 2. The van der Waals surface area contributed by atoms with Gasteiger partial charge < -0.3 is 19.9 Å². The SMILES string of the molecule is Cc1cc(O)c(NC(=S)NC(=O)c2ccc3c(c2)OCCO3)cc1C. The summed E-state index contributed by atoms with van der Waals surface area (Å²) in [5, 5.41) is 15.5. The van der Waals surface area contributed by atoms with Crippen LogP contribution < -0.4 is 20.1 Å². The van der Waals surface area contributed by atoms with Crippen molar-refractivity contribution < 1.29 is 19.4 Å². The average Bonchev–Trinajstić information content (AvgIpc) is 2.59. The summed E-state index contributed by atoms with van der Waals surface area (Å²) in [6, 6.07) is 8.35. The van der Waals surface area contributed by atoms with Crippen LogP contribution in [-0.2, 0) is 0 Å². The number of carbonyl (C=O) groups excluding carboxylic acids is 1. The summed E-state index contributed by atoms with van der Waals surface area (Å²) in [6.45, 7) is 4.77. The number of hydrogen-bond donors (Lipinski definition) is 3. The Balaban J connectivity index is 1.69. The summed E-state index contributed by atoms with van der Waals surface area (Å²) in [4.78, 5) is 12.3. The number of phenols is 1. The van der Waals surface area contributed by atoms with Gasteiger partial charge in [-0.05, 0) is 67.5 Å². The molecule has 0 aromatic heterocycles. The molecule has 0 spiro atoms. The zero-order valence-corrected chi connectivity index (χ0v) is 14.7. The normalized spacial score (nSPS) is 12.4. The topological polar surface area (TPSA) is 79.8 Å². The first kappa shape index (κ1) is 17.0. The summed E-state index contributed by atoms with van der Waals surface area (Å²) < 4.78 is 10.9. The highest BCUT2D eigenvalue weighted by molar-refractivity contribution is 7.80. The molecule has 0 radical (unpaired) electrons. The van der Waals surface area contributed by atoms with Crippen LogP contribution in [0, 0.1) is 13.8 Å². The zero-order chi connectivity index (χ0) is 18.0. The quantitative estimate of drug-likeness (QED) is 0.566. The third-order valence-corrected chi connectivity index (χ3v) is 4.10. The molecule has 1 aliphatic heterocycles. The number of thiocarbonyl (C=S) groups is 1. The van der Waals surface area contributed by atoms with Gasteiger partial charge in [-0.2, -0.15) is 0 Å². The van der Waals surface area contributed by atoms with E-state index < -0.39 is 0 Å². The predicted octanol–water partition coefficient (Wildman–Crippen LogP) is 2.91. The number of fused-ring (bicyclic) bond motifs is 1. The van der Waals surface area contributed by atoms with Crippen molar-refractivity contribution in [3.05, 3.63) is 47.0 Å². The van der Waals surface area contributed by atoms with E-state index in [1.807, 2.05) is 13.8 Å². The molecule has 0 saturated carbocycles. The minimum Gasteiger partial charge on any atom is -0.506 e. The number of anilines is 1. The Morgan fingerprint density at radius 2 is 1.76 bits per heavy atom. The van der Waals surface area contributed by atoms with Gasteiger partial charge in [0, 0.05) is 5.56 Å². The van der Waals surface area contributed by atoms with Crippen molar-refractivity contribution in [2.24, 2.45) is 0 Å². The Labute approximate surface area is 150 Å². The van der Waals surface area contributed by atoms with E-state index in [1.54, 1.807) is 30.3 Å². The van der Waals surface area contributed by atoms with Gasteiger partial charge in [-0.25, -0.2) is 0 Å². The highest BCUT2D eigenvalue weighted by Crippen LogP contribution is 2.31. The average molecular weight is 358 g/mol. The lowest BCUT2D eigenvalue weighted by Gasteiger charge is -2.19. The molecular weight excluding hydrogens is 340 g/mol. The first-order valence-corrected chi connectivity index (χ1v) is 8.17. The Morgan fingerprint density at radius 1 is 1.08 bits per heavy atom. The molecule has 0 atom stereocenters. The zero-order valence-electron chi connectivity index (χ0n) is 13.9. The van der Waals surface area contributed by atoms with E-state index >= 15 is 0 Å². The number of ether oxygens (including phenoxy) is 2. The Morgan fingerprint density at radius 3 is 2.52 bits per heavy atom. The van der Waals surface area contributed by atoms with Crippen LogP contribution in [0.15, 0.2) is 30.3 Å². The molecule has 0 unspecified atom stereocenters. The van der Waals surface area contributed by atoms with Crippen LogP contribution in [0.5, 0.6) is 17.2 Å². The maximum atomic E-state index is 12.3. The largest absolute Gasteiger partial charge is 0.506 e. The number of amides is 1. The van der Waals surface area contributed by atoms with Gasteiger partial charge in [0.1, 0.15) is 19.0 Å². The first-order valence-electron chi connectivity index (χ1n) is 7.76. The number of nitrogens with one attached hydrogen (secondary N) is 2. The second-order valence-electron chi connectivity index (χ2n) is 5.72. The molecule has 25 heavy (non-hydrogen) atoms. The molecule has 7 heteroatoms. The monoisotopic (exact) mass is 358 g/mol. The van der Waals surface area contributed by atoms with Gasteiger partial charge >= 0.3 is 0 Å². The van der Waals surface area contributed by atoms with Crippen molar-refractivity contribution in [3.8, 4) is 17.2 Å². The minimum atomic E-state index is -0.377. The summed E-state index contributed by atoms with van der Waals surface area (Å²) in [7, 11) is 0. The van der Waals surface area contributed by atoms with E-state index in [1.165, 1.54) is 0 Å². The fraction of sp³-hybridized carbons (Fsp3) is 0.222. The maximum absolute atomic E-state index is 12.3. The van der Waals surface area contributed by atoms with E-state index in [0.717, 1.165) is 11.1 Å². The van der Waals surface area contributed by atoms with Gasteiger partial charge in [-0.3, -0.25) is 10.1 Å². The van der Waals surface area contributed by atoms with Crippen LogP contribution >= 0.6 is 12.2 Å². The van der Waals surface area contributed by atoms with Crippen molar-refractivity contribution in [2.75, 3.05) is 18.5 Å². The summed E-state index contributed by atoms with van der Waals surface area (Å²) in [5.74, 6) is 0.838. The van der Waals surface area contributed by atoms with Crippen molar-refractivity contribution in [1.82, 2.24) is 5.32 Å². The second-order valence-corrected chi connectivity index (χ2v) is 6.13. The molecular formula is C18H18N2O4S. The highest BCUT2D eigenvalue weighted by Gasteiger charge is 2.16. The molecule has 6 nitrogen and oxygen atoms in total. The van der Waals surface area contributed by atoms with E-state index in [9.17, 15) is 9.90 Å². The van der Waals surface area contributed by atoms with Crippen molar-refractivity contribution in [3.63, 3.8) is 0 Å². The number of benzene rings is 2. The first-order chi connectivity index (χ1) is 11.9. The molecule has 1 amide bonds. The lowest BCUT2D eigenvalue weighted by molar-refractivity contribution is 0.0976. The van der Waals surface area contributed by atoms with Crippen LogP contribution in [0.1, 0.15) is 21.5 Å². The van der Waals surface area contributed by atoms with Crippen molar-refractivity contribution in [1.29, 1.82) is 0 Å². The fourth-order valence-corrected chi connectivity index (χ4v) is 2.62. The standard InChI is InChI=1S/C18H18N2O4S/c1-10-7-13(14(21)8-11(10)2)19-18(25)20-17(22)12-3-4-15-16(9-12)24-6-5-23-15/h3-4,7-9,21H,5-6H2,1-2H3,(H2,19,20,22,25). The molecule has 1 aliphatic rings. The second kappa shape index (κ2) is 6.98. The third-order valence-electron chi connectivity index (χ3n) is 3.89. The lowest BCUT2D eigenvalue weighted by atomic mass is 10.1. The predicted molar refractivity (Wildman–Crippen MR) is 98.7 cm³/mol. The van der Waals surface area contributed by atoms with Gasteiger partial charge in [0.05, 0.1) is 5.69 Å². The van der Waals surface area contributed by atoms with E-state index in [4.69, 9.17) is 21.7 Å². The number of hydrogen-bond acceptors (Lipinski definition) is 5. The summed E-state index contributed by atoms with van der Waals surface area (Å²) >= 11 is 5.16.